The molecule has 2 unspecified atom stereocenters. The van der Waals surface area contributed by atoms with Gasteiger partial charge in [0.15, 0.2) is 0 Å². The molecular formula is C14H21N3O. The van der Waals surface area contributed by atoms with E-state index >= 15 is 0 Å². The summed E-state index contributed by atoms with van der Waals surface area (Å²) in [7, 11) is 1.81. The largest absolute Gasteiger partial charge is 0.330 e. The van der Waals surface area contributed by atoms with Gasteiger partial charge in [0, 0.05) is 18.8 Å². The van der Waals surface area contributed by atoms with Crippen LogP contribution in [0.1, 0.15) is 30.5 Å². The molecule has 1 heterocycles. The molecule has 98 valence electrons. The SMILES string of the molecule is CC(CN)CC(N)c1ccc2c(c1)CC(=O)N2C. The van der Waals surface area contributed by atoms with Gasteiger partial charge < -0.3 is 16.4 Å². The van der Waals surface area contributed by atoms with Crippen molar-refractivity contribution in [1.29, 1.82) is 0 Å². The molecule has 4 heteroatoms. The molecule has 0 spiro atoms. The van der Waals surface area contributed by atoms with Crippen molar-refractivity contribution in [3.05, 3.63) is 29.3 Å². The van der Waals surface area contributed by atoms with Crippen molar-refractivity contribution < 1.29 is 4.79 Å². The molecule has 0 aliphatic carbocycles. The fourth-order valence-electron chi connectivity index (χ4n) is 2.39. The molecule has 4 nitrogen and oxygen atoms in total. The number of anilines is 1. The third kappa shape index (κ3) is 2.40. The van der Waals surface area contributed by atoms with Gasteiger partial charge in [-0.3, -0.25) is 4.79 Å². The van der Waals surface area contributed by atoms with E-state index in [1.54, 1.807) is 4.90 Å². The first kappa shape index (κ1) is 13.1. The minimum atomic E-state index is -0.00476. The van der Waals surface area contributed by atoms with Gasteiger partial charge in [0.25, 0.3) is 0 Å². The second-order valence-electron chi connectivity index (χ2n) is 5.20. The average molecular weight is 247 g/mol. The van der Waals surface area contributed by atoms with E-state index < -0.39 is 0 Å². The third-order valence-electron chi connectivity index (χ3n) is 3.67. The van der Waals surface area contributed by atoms with Crippen LogP contribution in [-0.4, -0.2) is 19.5 Å². The van der Waals surface area contributed by atoms with E-state index in [1.165, 1.54) is 0 Å². The van der Waals surface area contributed by atoms with E-state index in [0.717, 1.165) is 23.2 Å². The van der Waals surface area contributed by atoms with E-state index in [-0.39, 0.29) is 11.9 Å². The lowest BCUT2D eigenvalue weighted by molar-refractivity contribution is -0.117. The van der Waals surface area contributed by atoms with Crippen LogP contribution < -0.4 is 16.4 Å². The van der Waals surface area contributed by atoms with Gasteiger partial charge in [0.05, 0.1) is 6.42 Å². The highest BCUT2D eigenvalue weighted by atomic mass is 16.2. The smallest absolute Gasteiger partial charge is 0.231 e. The van der Waals surface area contributed by atoms with Gasteiger partial charge in [-0.15, -0.1) is 0 Å². The summed E-state index contributed by atoms with van der Waals surface area (Å²) in [5.74, 6) is 0.559. The highest BCUT2D eigenvalue weighted by molar-refractivity contribution is 6.00. The van der Waals surface area contributed by atoms with Crippen molar-refractivity contribution in [2.45, 2.75) is 25.8 Å². The molecule has 1 amide bonds. The van der Waals surface area contributed by atoms with E-state index in [9.17, 15) is 4.79 Å². The zero-order valence-corrected chi connectivity index (χ0v) is 11.0. The van der Waals surface area contributed by atoms with Crippen LogP contribution in [0.2, 0.25) is 0 Å². The Bertz CT molecular complexity index is 458. The van der Waals surface area contributed by atoms with Gasteiger partial charge in [0.2, 0.25) is 5.91 Å². The number of likely N-dealkylation sites (N-methyl/N-ethyl adjacent to an activating group) is 1. The number of carbonyl (C=O) groups is 1. The lowest BCUT2D eigenvalue weighted by Gasteiger charge is -2.17. The molecule has 0 radical (unpaired) electrons. The van der Waals surface area contributed by atoms with Crippen molar-refractivity contribution in [3.63, 3.8) is 0 Å². The highest BCUT2D eigenvalue weighted by Crippen LogP contribution is 2.30. The van der Waals surface area contributed by atoms with Crippen LogP contribution in [0.5, 0.6) is 0 Å². The summed E-state index contributed by atoms with van der Waals surface area (Å²) in [5, 5.41) is 0. The molecule has 0 saturated carbocycles. The number of carbonyl (C=O) groups excluding carboxylic acids is 1. The van der Waals surface area contributed by atoms with Crippen LogP contribution in [-0.2, 0) is 11.2 Å². The lowest BCUT2D eigenvalue weighted by atomic mass is 9.95. The third-order valence-corrected chi connectivity index (χ3v) is 3.67. The number of rotatable bonds is 4. The second kappa shape index (κ2) is 5.08. The molecule has 18 heavy (non-hydrogen) atoms. The number of fused-ring (bicyclic) bond motifs is 1. The number of hydrogen-bond donors (Lipinski definition) is 2. The maximum atomic E-state index is 11.6. The lowest BCUT2D eigenvalue weighted by Crippen LogP contribution is -2.20. The number of nitrogens with two attached hydrogens (primary N) is 2. The number of hydrogen-bond acceptors (Lipinski definition) is 3. The predicted octanol–water partition coefficient (Wildman–Crippen LogP) is 1.19. The quantitative estimate of drug-likeness (QED) is 0.839. The summed E-state index contributed by atoms with van der Waals surface area (Å²) in [4.78, 5) is 13.3. The van der Waals surface area contributed by atoms with E-state index in [1.807, 2.05) is 19.2 Å². The summed E-state index contributed by atoms with van der Waals surface area (Å²) in [6.07, 6.45) is 1.36. The number of amides is 1. The predicted molar refractivity (Wildman–Crippen MR) is 73.3 cm³/mol. The monoisotopic (exact) mass is 247 g/mol. The van der Waals surface area contributed by atoms with Gasteiger partial charge in [0.1, 0.15) is 0 Å². The van der Waals surface area contributed by atoms with E-state index in [0.29, 0.717) is 18.9 Å². The standard InChI is InChI=1S/C14H21N3O/c1-9(8-15)5-12(16)10-3-4-13-11(6-10)7-14(18)17(13)2/h3-4,6,9,12H,5,7-8,15-16H2,1-2H3. The Balaban J connectivity index is 2.18. The topological polar surface area (TPSA) is 72.3 Å². The Hall–Kier alpha value is -1.39. The van der Waals surface area contributed by atoms with Crippen molar-refractivity contribution in [2.75, 3.05) is 18.5 Å². The Morgan fingerprint density at radius 3 is 2.83 bits per heavy atom. The van der Waals surface area contributed by atoms with Gasteiger partial charge >= 0.3 is 0 Å². The molecule has 4 N–H and O–H groups in total. The summed E-state index contributed by atoms with van der Waals surface area (Å²) < 4.78 is 0. The van der Waals surface area contributed by atoms with Gasteiger partial charge in [-0.2, -0.15) is 0 Å². The highest BCUT2D eigenvalue weighted by Gasteiger charge is 2.24. The van der Waals surface area contributed by atoms with Crippen LogP contribution in [0, 0.1) is 5.92 Å². The summed E-state index contributed by atoms with van der Waals surface area (Å²) in [6, 6.07) is 6.06. The van der Waals surface area contributed by atoms with Crippen molar-refractivity contribution in [2.24, 2.45) is 17.4 Å². The maximum Gasteiger partial charge on any atom is 0.231 e. The number of nitrogens with zero attached hydrogens (tertiary/aromatic N) is 1. The molecule has 0 saturated heterocycles. The van der Waals surface area contributed by atoms with Crippen LogP contribution in [0.4, 0.5) is 5.69 Å². The molecule has 1 aliphatic rings. The summed E-state index contributed by atoms with van der Waals surface area (Å²) in [5.41, 5.74) is 15.0. The minimum Gasteiger partial charge on any atom is -0.330 e. The molecule has 2 atom stereocenters. The molecule has 2 rings (SSSR count). The van der Waals surface area contributed by atoms with Crippen LogP contribution in [0.25, 0.3) is 0 Å². The molecule has 1 aliphatic heterocycles. The fourth-order valence-corrected chi connectivity index (χ4v) is 2.39. The summed E-state index contributed by atoms with van der Waals surface area (Å²) >= 11 is 0. The maximum absolute atomic E-state index is 11.6. The second-order valence-corrected chi connectivity index (χ2v) is 5.20. The van der Waals surface area contributed by atoms with E-state index in [2.05, 4.69) is 13.0 Å². The molecule has 1 aromatic carbocycles. The average Bonchev–Trinajstić information content (AvgIpc) is 2.64. The Morgan fingerprint density at radius 1 is 1.44 bits per heavy atom. The van der Waals surface area contributed by atoms with Crippen LogP contribution in [0.3, 0.4) is 0 Å². The first-order chi connectivity index (χ1) is 8.52. The molecule has 0 fully saturated rings. The van der Waals surface area contributed by atoms with Gasteiger partial charge in [-0.25, -0.2) is 0 Å². The minimum absolute atomic E-state index is 0.00476. The van der Waals surface area contributed by atoms with Crippen molar-refractivity contribution in [3.8, 4) is 0 Å². The summed E-state index contributed by atoms with van der Waals surface area (Å²) in [6.45, 7) is 2.75. The van der Waals surface area contributed by atoms with Crippen molar-refractivity contribution in [1.82, 2.24) is 0 Å². The van der Waals surface area contributed by atoms with Crippen LogP contribution in [0.15, 0.2) is 18.2 Å². The fraction of sp³-hybridized carbons (Fsp3) is 0.500. The normalized spacial score (nSPS) is 17.8. The molecule has 0 aromatic heterocycles. The Kier molecular flexibility index (Phi) is 3.68. The van der Waals surface area contributed by atoms with Gasteiger partial charge in [-0.1, -0.05) is 19.1 Å². The van der Waals surface area contributed by atoms with Crippen molar-refractivity contribution >= 4 is 11.6 Å². The Morgan fingerprint density at radius 2 is 2.17 bits per heavy atom. The first-order valence-electron chi connectivity index (χ1n) is 6.38. The molecular weight excluding hydrogens is 226 g/mol. The number of benzene rings is 1. The molecule has 1 aromatic rings. The Labute approximate surface area is 108 Å². The molecule has 0 bridgehead atoms. The zero-order valence-electron chi connectivity index (χ0n) is 11.0. The van der Waals surface area contributed by atoms with Gasteiger partial charge in [-0.05, 0) is 36.1 Å². The zero-order chi connectivity index (χ0) is 13.3. The van der Waals surface area contributed by atoms with Crippen LogP contribution >= 0.6 is 0 Å². The first-order valence-corrected chi connectivity index (χ1v) is 6.38. The van der Waals surface area contributed by atoms with E-state index in [4.69, 9.17) is 11.5 Å².